The van der Waals surface area contributed by atoms with Crippen molar-refractivity contribution in [3.63, 3.8) is 0 Å². The lowest BCUT2D eigenvalue weighted by molar-refractivity contribution is -0.193. The van der Waals surface area contributed by atoms with E-state index in [4.69, 9.17) is 24.8 Å². The quantitative estimate of drug-likeness (QED) is 0.554. The summed E-state index contributed by atoms with van der Waals surface area (Å²) in [5.41, 5.74) is 2.74. The van der Waals surface area contributed by atoms with Crippen LogP contribution in [-0.4, -0.2) is 85.0 Å². The third-order valence-corrected chi connectivity index (χ3v) is 6.35. The van der Waals surface area contributed by atoms with Gasteiger partial charge in [0.2, 0.25) is 0 Å². The first-order chi connectivity index (χ1) is 17.6. The molecule has 38 heavy (non-hydrogen) atoms. The van der Waals surface area contributed by atoms with Crippen LogP contribution in [0.25, 0.3) is 0 Å². The highest BCUT2D eigenvalue weighted by molar-refractivity contribution is 5.73. The molecule has 0 unspecified atom stereocenters. The van der Waals surface area contributed by atoms with Crippen molar-refractivity contribution < 1.29 is 46.1 Å². The number of hydrogen-bond donors (Lipinski definition) is 2. The van der Waals surface area contributed by atoms with Gasteiger partial charge in [0.15, 0.2) is 0 Å². The normalized spacial score (nSPS) is 17.5. The van der Waals surface area contributed by atoms with E-state index < -0.39 is 24.3 Å². The standard InChI is InChI=1S/C19H27N5.2C2HF3O2/c1-3-23-11-12-24-16(2)13-21-18(24)19(23)6-9-22(10-7-19)15-17-5-4-8-20-14-17;2*3-2(4,5)1(6)7/h4-5,8,13-14H,3,6-7,9-12,15H2,1-2H3;2*(H,6,7). The minimum absolute atomic E-state index is 0.132. The Balaban J connectivity index is 0.000000301. The molecular formula is C23H29F6N5O4. The molecule has 4 heterocycles. The Morgan fingerprint density at radius 1 is 0.974 bits per heavy atom. The van der Waals surface area contributed by atoms with Gasteiger partial charge in [-0.05, 0) is 37.9 Å². The van der Waals surface area contributed by atoms with Crippen LogP contribution in [-0.2, 0) is 28.2 Å². The van der Waals surface area contributed by atoms with Gasteiger partial charge in [0.25, 0.3) is 0 Å². The molecule has 0 amide bonds. The lowest BCUT2D eigenvalue weighted by Crippen LogP contribution is -2.57. The molecular weight excluding hydrogens is 524 g/mol. The number of carboxylic acids is 2. The van der Waals surface area contributed by atoms with Crippen LogP contribution in [0.5, 0.6) is 0 Å². The van der Waals surface area contributed by atoms with Gasteiger partial charge in [-0.15, -0.1) is 0 Å². The lowest BCUT2D eigenvalue weighted by Gasteiger charge is -2.50. The van der Waals surface area contributed by atoms with Gasteiger partial charge >= 0.3 is 24.3 Å². The second-order valence-corrected chi connectivity index (χ2v) is 8.73. The Labute approximate surface area is 214 Å². The first kappa shape index (κ1) is 31.0. The maximum absolute atomic E-state index is 10.6. The molecule has 2 N–H and O–H groups in total. The average Bonchev–Trinajstić information content (AvgIpc) is 3.23. The highest BCUT2D eigenvalue weighted by atomic mass is 19.4. The maximum atomic E-state index is 10.6. The van der Waals surface area contributed by atoms with Crippen LogP contribution >= 0.6 is 0 Å². The first-order valence-corrected chi connectivity index (χ1v) is 11.6. The molecule has 1 spiro atoms. The number of pyridine rings is 1. The van der Waals surface area contributed by atoms with Crippen molar-refractivity contribution in [3.8, 4) is 0 Å². The van der Waals surface area contributed by atoms with Crippen LogP contribution < -0.4 is 0 Å². The Morgan fingerprint density at radius 2 is 1.53 bits per heavy atom. The molecule has 2 aromatic rings. The number of nitrogens with zero attached hydrogens (tertiary/aromatic N) is 5. The number of aryl methyl sites for hydroxylation is 1. The van der Waals surface area contributed by atoms with E-state index in [9.17, 15) is 26.3 Å². The Kier molecular flexibility index (Phi) is 10.3. The van der Waals surface area contributed by atoms with Gasteiger partial charge < -0.3 is 14.8 Å². The van der Waals surface area contributed by atoms with Crippen molar-refractivity contribution in [3.05, 3.63) is 47.8 Å². The van der Waals surface area contributed by atoms with Crippen molar-refractivity contribution in [1.82, 2.24) is 24.3 Å². The summed E-state index contributed by atoms with van der Waals surface area (Å²) in [5.74, 6) is -4.21. The predicted octanol–water partition coefficient (Wildman–Crippen LogP) is 3.68. The second-order valence-electron chi connectivity index (χ2n) is 8.73. The molecule has 1 saturated heterocycles. The number of aromatic nitrogens is 3. The SMILES string of the molecule is CCN1CCn2c(C)cnc2C12CCN(Cc1cccnc1)CC2.O=C(O)C(F)(F)F.O=C(O)C(F)(F)F. The number of imidazole rings is 1. The minimum atomic E-state index is -5.08. The van der Waals surface area contributed by atoms with Crippen LogP contribution in [0.4, 0.5) is 26.3 Å². The summed E-state index contributed by atoms with van der Waals surface area (Å²) in [4.78, 5) is 32.1. The van der Waals surface area contributed by atoms with Gasteiger partial charge in [-0.3, -0.25) is 14.8 Å². The van der Waals surface area contributed by atoms with Crippen LogP contribution in [0.2, 0.25) is 0 Å². The molecule has 0 bridgehead atoms. The van der Waals surface area contributed by atoms with Crippen molar-refractivity contribution in [2.24, 2.45) is 0 Å². The van der Waals surface area contributed by atoms with Crippen LogP contribution in [0.15, 0.2) is 30.7 Å². The summed E-state index contributed by atoms with van der Waals surface area (Å²) in [6, 6.07) is 4.20. The van der Waals surface area contributed by atoms with Crippen molar-refractivity contribution in [2.75, 3.05) is 26.2 Å². The average molecular weight is 554 g/mol. The molecule has 212 valence electrons. The number of likely N-dealkylation sites (tertiary alicyclic amines) is 1. The lowest BCUT2D eigenvalue weighted by atomic mass is 9.83. The van der Waals surface area contributed by atoms with Gasteiger partial charge in [0.05, 0.1) is 5.54 Å². The number of carboxylic acid groups (broad SMARTS) is 2. The topological polar surface area (TPSA) is 112 Å². The number of likely N-dealkylation sites (N-methyl/N-ethyl adjacent to an activating group) is 1. The third kappa shape index (κ3) is 7.90. The zero-order valence-electron chi connectivity index (χ0n) is 20.8. The smallest absolute Gasteiger partial charge is 0.475 e. The van der Waals surface area contributed by atoms with E-state index in [1.165, 1.54) is 17.1 Å². The predicted molar refractivity (Wildman–Crippen MR) is 122 cm³/mol. The molecule has 0 saturated carbocycles. The summed E-state index contributed by atoms with van der Waals surface area (Å²) >= 11 is 0. The molecule has 2 aliphatic heterocycles. The maximum Gasteiger partial charge on any atom is 0.490 e. The molecule has 15 heteroatoms. The highest BCUT2D eigenvalue weighted by Gasteiger charge is 2.46. The summed E-state index contributed by atoms with van der Waals surface area (Å²) in [6.07, 6.45) is -1.95. The van der Waals surface area contributed by atoms with E-state index in [0.29, 0.717) is 0 Å². The fourth-order valence-electron chi connectivity index (χ4n) is 4.52. The van der Waals surface area contributed by atoms with E-state index >= 15 is 0 Å². The van der Waals surface area contributed by atoms with E-state index in [-0.39, 0.29) is 5.54 Å². The summed E-state index contributed by atoms with van der Waals surface area (Å²) in [7, 11) is 0. The molecule has 4 rings (SSSR count). The molecule has 0 aliphatic carbocycles. The summed E-state index contributed by atoms with van der Waals surface area (Å²) in [5, 5.41) is 14.2. The first-order valence-electron chi connectivity index (χ1n) is 11.6. The Bertz CT molecular complexity index is 1040. The van der Waals surface area contributed by atoms with Gasteiger partial charge in [0.1, 0.15) is 5.82 Å². The molecule has 0 aromatic carbocycles. The van der Waals surface area contributed by atoms with Crippen LogP contribution in [0.3, 0.4) is 0 Å². The van der Waals surface area contributed by atoms with Crippen LogP contribution in [0, 0.1) is 6.92 Å². The monoisotopic (exact) mass is 553 g/mol. The number of alkyl halides is 6. The molecule has 1 fully saturated rings. The zero-order valence-corrected chi connectivity index (χ0v) is 20.8. The number of carbonyl (C=O) groups is 2. The number of hydrogen-bond acceptors (Lipinski definition) is 6. The summed E-state index contributed by atoms with van der Waals surface area (Å²) in [6.45, 7) is 11.0. The van der Waals surface area contributed by atoms with Crippen molar-refractivity contribution in [2.45, 2.75) is 57.7 Å². The van der Waals surface area contributed by atoms with Gasteiger partial charge in [-0.2, -0.15) is 26.3 Å². The van der Waals surface area contributed by atoms with Crippen LogP contribution in [0.1, 0.15) is 36.8 Å². The molecule has 0 radical (unpaired) electrons. The highest BCUT2D eigenvalue weighted by Crippen LogP contribution is 2.41. The van der Waals surface area contributed by atoms with E-state index in [0.717, 1.165) is 52.1 Å². The number of piperidine rings is 1. The Hall–Kier alpha value is -3.20. The van der Waals surface area contributed by atoms with E-state index in [1.807, 2.05) is 18.5 Å². The molecule has 2 aliphatic rings. The molecule has 0 atom stereocenters. The minimum Gasteiger partial charge on any atom is -0.475 e. The van der Waals surface area contributed by atoms with Gasteiger partial charge in [-0.25, -0.2) is 14.6 Å². The van der Waals surface area contributed by atoms with E-state index in [1.54, 1.807) is 0 Å². The third-order valence-electron chi connectivity index (χ3n) is 6.35. The second kappa shape index (κ2) is 12.6. The largest absolute Gasteiger partial charge is 0.490 e. The Morgan fingerprint density at radius 3 is 1.97 bits per heavy atom. The fourth-order valence-corrected chi connectivity index (χ4v) is 4.52. The van der Waals surface area contributed by atoms with Gasteiger partial charge in [-0.1, -0.05) is 13.0 Å². The number of halogens is 6. The molecule has 9 nitrogen and oxygen atoms in total. The fraction of sp³-hybridized carbons (Fsp3) is 0.565. The summed E-state index contributed by atoms with van der Waals surface area (Å²) < 4.78 is 65.9. The zero-order chi connectivity index (χ0) is 28.7. The van der Waals surface area contributed by atoms with Crippen molar-refractivity contribution in [1.29, 1.82) is 0 Å². The number of rotatable bonds is 3. The number of fused-ring (bicyclic) bond motifs is 2. The van der Waals surface area contributed by atoms with Crippen molar-refractivity contribution >= 4 is 11.9 Å². The molecule has 2 aromatic heterocycles. The number of aliphatic carboxylic acids is 2. The van der Waals surface area contributed by atoms with Gasteiger partial charge in [0, 0.05) is 57.0 Å². The van der Waals surface area contributed by atoms with E-state index in [2.05, 4.69) is 45.5 Å².